The minimum absolute atomic E-state index is 0.0853. The molecule has 2 aromatic rings. The number of hydrazone groups is 1. The molecular formula is C20H23ClN4O. The van der Waals surface area contributed by atoms with Gasteiger partial charge < -0.3 is 4.90 Å². The lowest BCUT2D eigenvalue weighted by Crippen LogP contribution is -2.45. The summed E-state index contributed by atoms with van der Waals surface area (Å²) in [6, 6.07) is 9.19. The highest BCUT2D eigenvalue weighted by molar-refractivity contribution is 6.33. The number of hydrogen-bond donors (Lipinski definition) is 1. The molecule has 1 aromatic heterocycles. The molecule has 2 heterocycles. The van der Waals surface area contributed by atoms with Crippen molar-refractivity contribution < 1.29 is 4.79 Å². The van der Waals surface area contributed by atoms with Crippen LogP contribution in [0.15, 0.2) is 41.6 Å². The van der Waals surface area contributed by atoms with Gasteiger partial charge in [0.05, 0.1) is 11.2 Å². The molecule has 26 heavy (non-hydrogen) atoms. The van der Waals surface area contributed by atoms with E-state index < -0.39 is 0 Å². The smallest absolute Gasteiger partial charge is 0.289 e. The molecule has 0 saturated carbocycles. The number of carbonyl (C=O) groups excluding carboxylic acids is 1. The Hall–Kier alpha value is -2.40. The van der Waals surface area contributed by atoms with Gasteiger partial charge in [0.1, 0.15) is 5.69 Å². The summed E-state index contributed by atoms with van der Waals surface area (Å²) in [6.45, 7) is 6.71. The third kappa shape index (κ3) is 3.58. The maximum absolute atomic E-state index is 12.0. The number of benzene rings is 1. The number of hydrogen-bond acceptors (Lipinski definition) is 4. The van der Waals surface area contributed by atoms with E-state index in [1.165, 1.54) is 5.56 Å². The standard InChI is InChI=1S/C20H23ClN4O/c1-13-11-20(2,3)25(4)18-10-16(21)14(9-15(13)18)12-23-24-19(26)17-7-5-6-8-22-17/h5-10,12-13H,11H2,1-4H3,(H,24,26)/b23-12-. The summed E-state index contributed by atoms with van der Waals surface area (Å²) in [5.41, 5.74) is 6.07. The van der Waals surface area contributed by atoms with Crippen LogP contribution in [0.3, 0.4) is 0 Å². The van der Waals surface area contributed by atoms with Gasteiger partial charge in [-0.3, -0.25) is 9.78 Å². The van der Waals surface area contributed by atoms with Crippen LogP contribution in [0.2, 0.25) is 5.02 Å². The molecule has 1 aromatic carbocycles. The molecule has 0 bridgehead atoms. The van der Waals surface area contributed by atoms with Crippen LogP contribution in [-0.2, 0) is 0 Å². The van der Waals surface area contributed by atoms with Crippen molar-refractivity contribution in [2.24, 2.45) is 5.10 Å². The Labute approximate surface area is 159 Å². The maximum Gasteiger partial charge on any atom is 0.289 e. The first-order valence-corrected chi connectivity index (χ1v) is 8.99. The monoisotopic (exact) mass is 370 g/mol. The Morgan fingerprint density at radius 1 is 1.42 bits per heavy atom. The number of pyridine rings is 1. The quantitative estimate of drug-likeness (QED) is 0.650. The minimum Gasteiger partial charge on any atom is -0.369 e. The van der Waals surface area contributed by atoms with E-state index >= 15 is 0 Å². The van der Waals surface area contributed by atoms with Gasteiger partial charge in [-0.05, 0) is 56.0 Å². The Kier molecular flexibility index (Phi) is 5.01. The fourth-order valence-corrected chi connectivity index (χ4v) is 3.62. The molecule has 1 atom stereocenters. The molecule has 0 spiro atoms. The maximum atomic E-state index is 12.0. The molecule has 136 valence electrons. The highest BCUT2D eigenvalue weighted by Crippen LogP contribution is 2.44. The fraction of sp³-hybridized carbons (Fsp3) is 0.350. The normalized spacial score (nSPS) is 18.7. The van der Waals surface area contributed by atoms with Gasteiger partial charge in [-0.25, -0.2) is 5.43 Å². The zero-order valence-corrected chi connectivity index (χ0v) is 16.2. The number of anilines is 1. The van der Waals surface area contributed by atoms with Crippen molar-refractivity contribution >= 4 is 29.4 Å². The average Bonchev–Trinajstić information content (AvgIpc) is 2.61. The molecule has 1 amide bonds. The largest absolute Gasteiger partial charge is 0.369 e. The lowest BCUT2D eigenvalue weighted by atomic mass is 9.80. The summed E-state index contributed by atoms with van der Waals surface area (Å²) in [7, 11) is 2.10. The summed E-state index contributed by atoms with van der Waals surface area (Å²) in [6.07, 6.45) is 4.21. The van der Waals surface area contributed by atoms with E-state index in [1.54, 1.807) is 30.6 Å². The second kappa shape index (κ2) is 7.08. The number of amides is 1. The predicted octanol–water partition coefficient (Wildman–Crippen LogP) is 4.22. The van der Waals surface area contributed by atoms with Crippen LogP contribution in [0.5, 0.6) is 0 Å². The van der Waals surface area contributed by atoms with Crippen molar-refractivity contribution in [3.05, 3.63) is 58.4 Å². The molecule has 0 radical (unpaired) electrons. The highest BCUT2D eigenvalue weighted by atomic mass is 35.5. The van der Waals surface area contributed by atoms with Gasteiger partial charge in [-0.1, -0.05) is 24.6 Å². The number of halogens is 1. The molecule has 1 N–H and O–H groups in total. The van der Waals surface area contributed by atoms with Gasteiger partial charge in [0.2, 0.25) is 0 Å². The van der Waals surface area contributed by atoms with Crippen molar-refractivity contribution in [3.8, 4) is 0 Å². The van der Waals surface area contributed by atoms with Crippen LogP contribution in [0.4, 0.5) is 5.69 Å². The van der Waals surface area contributed by atoms with Gasteiger partial charge in [0.15, 0.2) is 0 Å². The van der Waals surface area contributed by atoms with E-state index in [0.717, 1.165) is 17.7 Å². The van der Waals surface area contributed by atoms with Crippen LogP contribution in [0.25, 0.3) is 0 Å². The van der Waals surface area contributed by atoms with E-state index in [1.807, 2.05) is 6.07 Å². The highest BCUT2D eigenvalue weighted by Gasteiger charge is 2.34. The lowest BCUT2D eigenvalue weighted by Gasteiger charge is -2.45. The lowest BCUT2D eigenvalue weighted by molar-refractivity contribution is 0.0950. The van der Waals surface area contributed by atoms with E-state index in [0.29, 0.717) is 16.6 Å². The molecule has 0 saturated heterocycles. The Morgan fingerprint density at radius 3 is 2.88 bits per heavy atom. The summed E-state index contributed by atoms with van der Waals surface area (Å²) < 4.78 is 0. The van der Waals surface area contributed by atoms with Gasteiger partial charge >= 0.3 is 0 Å². The molecule has 6 heteroatoms. The van der Waals surface area contributed by atoms with E-state index in [9.17, 15) is 4.79 Å². The molecule has 1 unspecified atom stereocenters. The first kappa shape index (κ1) is 18.4. The molecule has 3 rings (SSSR count). The van der Waals surface area contributed by atoms with Gasteiger partial charge in [0.25, 0.3) is 5.91 Å². The second-order valence-corrected chi connectivity index (χ2v) is 7.73. The van der Waals surface area contributed by atoms with E-state index in [2.05, 4.69) is 54.3 Å². The van der Waals surface area contributed by atoms with E-state index in [-0.39, 0.29) is 11.4 Å². The van der Waals surface area contributed by atoms with Crippen LogP contribution in [0, 0.1) is 0 Å². The topological polar surface area (TPSA) is 57.6 Å². The first-order chi connectivity index (χ1) is 12.3. The van der Waals surface area contributed by atoms with E-state index in [4.69, 9.17) is 11.6 Å². The first-order valence-electron chi connectivity index (χ1n) is 8.61. The van der Waals surface area contributed by atoms with Gasteiger partial charge in [-0.15, -0.1) is 0 Å². The Balaban J connectivity index is 1.82. The summed E-state index contributed by atoms with van der Waals surface area (Å²) >= 11 is 6.46. The fourth-order valence-electron chi connectivity index (χ4n) is 3.42. The minimum atomic E-state index is -0.356. The molecular weight excluding hydrogens is 348 g/mol. The zero-order valence-electron chi connectivity index (χ0n) is 15.5. The van der Waals surface area contributed by atoms with Crippen LogP contribution >= 0.6 is 11.6 Å². The number of nitrogens with one attached hydrogen (secondary N) is 1. The van der Waals surface area contributed by atoms with Crippen molar-refractivity contribution in [2.45, 2.75) is 38.6 Å². The Bertz CT molecular complexity index is 848. The summed E-state index contributed by atoms with van der Waals surface area (Å²) in [5.74, 6) is 0.0644. The average molecular weight is 371 g/mol. The SMILES string of the molecule is CC1CC(C)(C)N(C)c2cc(Cl)c(/C=N\NC(=O)c3ccccn3)cc21. The molecule has 1 aliphatic heterocycles. The van der Waals surface area contributed by atoms with Crippen molar-refractivity contribution in [1.82, 2.24) is 10.4 Å². The third-order valence-electron chi connectivity index (χ3n) is 5.02. The number of fused-ring (bicyclic) bond motifs is 1. The number of carbonyl (C=O) groups is 1. The predicted molar refractivity (Wildman–Crippen MR) is 106 cm³/mol. The van der Waals surface area contributed by atoms with Gasteiger partial charge in [-0.2, -0.15) is 5.10 Å². The van der Waals surface area contributed by atoms with Crippen LogP contribution in [0.1, 0.15) is 54.7 Å². The van der Waals surface area contributed by atoms with Gasteiger partial charge in [0, 0.05) is 30.0 Å². The summed E-state index contributed by atoms with van der Waals surface area (Å²) in [4.78, 5) is 18.3. The number of aromatic nitrogens is 1. The molecule has 0 aliphatic carbocycles. The van der Waals surface area contributed by atoms with Crippen LogP contribution < -0.4 is 10.3 Å². The van der Waals surface area contributed by atoms with Crippen molar-refractivity contribution in [3.63, 3.8) is 0 Å². The Morgan fingerprint density at radius 2 is 2.19 bits per heavy atom. The molecule has 0 fully saturated rings. The third-order valence-corrected chi connectivity index (χ3v) is 5.35. The van der Waals surface area contributed by atoms with Crippen LogP contribution in [-0.4, -0.2) is 29.7 Å². The molecule has 1 aliphatic rings. The number of rotatable bonds is 3. The summed E-state index contributed by atoms with van der Waals surface area (Å²) in [5, 5.41) is 4.65. The van der Waals surface area contributed by atoms with Crippen molar-refractivity contribution in [1.29, 1.82) is 0 Å². The molecule has 5 nitrogen and oxygen atoms in total. The number of nitrogens with zero attached hydrogens (tertiary/aromatic N) is 3. The van der Waals surface area contributed by atoms with Crippen molar-refractivity contribution in [2.75, 3.05) is 11.9 Å². The second-order valence-electron chi connectivity index (χ2n) is 7.32. The zero-order chi connectivity index (χ0) is 18.9.